The molecule has 1 aliphatic carbocycles. The Morgan fingerprint density at radius 3 is 2.56 bits per heavy atom. The second kappa shape index (κ2) is 6.41. The predicted molar refractivity (Wildman–Crippen MR) is 104 cm³/mol. The van der Waals surface area contributed by atoms with Crippen LogP contribution in [0.15, 0.2) is 42.5 Å². The van der Waals surface area contributed by atoms with E-state index in [1.807, 2.05) is 31.2 Å². The summed E-state index contributed by atoms with van der Waals surface area (Å²) in [5, 5.41) is 2.99. The molecule has 1 saturated carbocycles. The van der Waals surface area contributed by atoms with Crippen molar-refractivity contribution in [2.75, 3.05) is 4.90 Å². The lowest BCUT2D eigenvalue weighted by atomic mass is 10.0. The van der Waals surface area contributed by atoms with Crippen molar-refractivity contribution in [3.05, 3.63) is 59.2 Å². The van der Waals surface area contributed by atoms with Gasteiger partial charge in [0.25, 0.3) is 11.8 Å². The molecule has 0 spiro atoms. The Bertz CT molecular complexity index is 898. The van der Waals surface area contributed by atoms with Crippen LogP contribution in [0.4, 0.5) is 5.69 Å². The Kier molecular flexibility index (Phi) is 4.17. The highest BCUT2D eigenvalue weighted by molar-refractivity contribution is 6.04. The monoisotopic (exact) mass is 364 g/mol. The molecule has 0 aromatic heterocycles. The van der Waals surface area contributed by atoms with Crippen molar-refractivity contribution in [2.45, 2.75) is 51.8 Å². The number of carbonyl (C=O) groups is 2. The van der Waals surface area contributed by atoms with Crippen molar-refractivity contribution in [3.8, 4) is 5.75 Å². The first-order valence-corrected chi connectivity index (χ1v) is 9.35. The van der Waals surface area contributed by atoms with Crippen LogP contribution in [0.2, 0.25) is 0 Å². The molecule has 5 heteroatoms. The summed E-state index contributed by atoms with van der Waals surface area (Å²) in [5.74, 6) is 0.401. The van der Waals surface area contributed by atoms with E-state index < -0.39 is 5.60 Å². The van der Waals surface area contributed by atoms with E-state index in [9.17, 15) is 9.59 Å². The second-order valence-corrected chi connectivity index (χ2v) is 7.92. The van der Waals surface area contributed by atoms with Crippen molar-refractivity contribution in [2.24, 2.45) is 0 Å². The largest absolute Gasteiger partial charge is 0.476 e. The average Bonchev–Trinajstić information content (AvgIpc) is 3.44. The quantitative estimate of drug-likeness (QED) is 0.902. The third-order valence-electron chi connectivity index (χ3n) is 5.01. The number of nitrogens with zero attached hydrogens (tertiary/aromatic N) is 1. The number of ether oxygens (including phenoxy) is 1. The van der Waals surface area contributed by atoms with Crippen molar-refractivity contribution in [3.63, 3.8) is 0 Å². The number of carbonyl (C=O) groups excluding carboxylic acids is 2. The molecule has 4 rings (SSSR count). The van der Waals surface area contributed by atoms with Gasteiger partial charge in [0.05, 0.1) is 12.2 Å². The fraction of sp³-hybridized carbons (Fsp3) is 0.364. The SMILES string of the molecule is Cc1ccc(CN2C(=O)C(C)(C)Oc3ccc(C(=O)NC4CC4)cc32)cc1. The van der Waals surface area contributed by atoms with E-state index in [-0.39, 0.29) is 17.9 Å². The van der Waals surface area contributed by atoms with E-state index in [2.05, 4.69) is 5.32 Å². The van der Waals surface area contributed by atoms with Crippen molar-refractivity contribution >= 4 is 17.5 Å². The molecule has 0 atom stereocenters. The van der Waals surface area contributed by atoms with Gasteiger partial charge in [-0.05, 0) is 57.4 Å². The fourth-order valence-electron chi connectivity index (χ4n) is 3.24. The molecular formula is C22H24N2O3. The number of anilines is 1. The van der Waals surface area contributed by atoms with Crippen LogP contribution in [-0.4, -0.2) is 23.5 Å². The van der Waals surface area contributed by atoms with E-state index in [4.69, 9.17) is 4.74 Å². The first-order chi connectivity index (χ1) is 12.8. The number of benzene rings is 2. The number of hydrogen-bond acceptors (Lipinski definition) is 3. The number of fused-ring (bicyclic) bond motifs is 1. The molecule has 5 nitrogen and oxygen atoms in total. The molecule has 27 heavy (non-hydrogen) atoms. The fourth-order valence-corrected chi connectivity index (χ4v) is 3.24. The Labute approximate surface area is 159 Å². The Morgan fingerprint density at radius 2 is 1.89 bits per heavy atom. The van der Waals surface area contributed by atoms with Crippen LogP contribution in [0.1, 0.15) is 48.2 Å². The molecule has 2 aliphatic rings. The van der Waals surface area contributed by atoms with Gasteiger partial charge in [-0.25, -0.2) is 0 Å². The van der Waals surface area contributed by atoms with Gasteiger partial charge in [-0.2, -0.15) is 0 Å². The summed E-state index contributed by atoms with van der Waals surface area (Å²) >= 11 is 0. The predicted octanol–water partition coefficient (Wildman–Crippen LogP) is 3.59. The highest BCUT2D eigenvalue weighted by Gasteiger charge is 2.41. The number of rotatable bonds is 4. The first kappa shape index (κ1) is 17.6. The van der Waals surface area contributed by atoms with Crippen LogP contribution in [-0.2, 0) is 11.3 Å². The summed E-state index contributed by atoms with van der Waals surface area (Å²) in [7, 11) is 0. The summed E-state index contributed by atoms with van der Waals surface area (Å²) < 4.78 is 5.92. The third kappa shape index (κ3) is 3.54. The number of amides is 2. The molecule has 1 fully saturated rings. The topological polar surface area (TPSA) is 58.6 Å². The molecule has 0 radical (unpaired) electrons. The van der Waals surface area contributed by atoms with Gasteiger partial charge in [-0.3, -0.25) is 9.59 Å². The molecular weight excluding hydrogens is 340 g/mol. The van der Waals surface area contributed by atoms with Gasteiger partial charge < -0.3 is 15.0 Å². The van der Waals surface area contributed by atoms with Gasteiger partial charge in [0.1, 0.15) is 5.75 Å². The lowest BCUT2D eigenvalue weighted by molar-refractivity contribution is -0.132. The van der Waals surface area contributed by atoms with Crippen LogP contribution < -0.4 is 15.0 Å². The molecule has 2 aromatic carbocycles. The molecule has 2 aromatic rings. The second-order valence-electron chi connectivity index (χ2n) is 7.92. The Morgan fingerprint density at radius 1 is 1.19 bits per heavy atom. The smallest absolute Gasteiger partial charge is 0.271 e. The summed E-state index contributed by atoms with van der Waals surface area (Å²) in [6.45, 7) is 6.02. The lowest BCUT2D eigenvalue weighted by Crippen LogP contribution is -2.52. The molecule has 2 amide bonds. The van der Waals surface area contributed by atoms with Crippen LogP contribution >= 0.6 is 0 Å². The minimum absolute atomic E-state index is 0.104. The van der Waals surface area contributed by atoms with Gasteiger partial charge in [-0.15, -0.1) is 0 Å². The van der Waals surface area contributed by atoms with E-state index in [1.165, 1.54) is 5.56 Å². The Hall–Kier alpha value is -2.82. The van der Waals surface area contributed by atoms with E-state index in [1.54, 1.807) is 36.9 Å². The van der Waals surface area contributed by atoms with Crippen LogP contribution in [0.3, 0.4) is 0 Å². The highest BCUT2D eigenvalue weighted by Crippen LogP contribution is 2.39. The molecule has 0 unspecified atom stereocenters. The molecule has 0 bridgehead atoms. The van der Waals surface area contributed by atoms with Crippen LogP contribution in [0.25, 0.3) is 0 Å². The van der Waals surface area contributed by atoms with Crippen molar-refractivity contribution in [1.82, 2.24) is 5.32 Å². The van der Waals surface area contributed by atoms with Gasteiger partial charge in [0, 0.05) is 11.6 Å². The maximum absolute atomic E-state index is 13.1. The van der Waals surface area contributed by atoms with E-state index in [0.29, 0.717) is 23.5 Å². The molecule has 1 aliphatic heterocycles. The van der Waals surface area contributed by atoms with Gasteiger partial charge in [0.15, 0.2) is 5.60 Å². The standard InChI is InChI=1S/C22H24N2O3/c1-14-4-6-15(7-5-14)13-24-18-12-16(20(25)23-17-9-10-17)8-11-19(18)27-22(2,3)21(24)26/h4-8,11-12,17H,9-10,13H2,1-3H3,(H,23,25). The Balaban J connectivity index is 1.69. The number of nitrogens with one attached hydrogen (secondary N) is 1. The zero-order valence-corrected chi connectivity index (χ0v) is 15.9. The van der Waals surface area contributed by atoms with Gasteiger partial charge in [0.2, 0.25) is 0 Å². The molecule has 0 saturated heterocycles. The van der Waals surface area contributed by atoms with Crippen molar-refractivity contribution < 1.29 is 14.3 Å². The van der Waals surface area contributed by atoms with E-state index in [0.717, 1.165) is 18.4 Å². The van der Waals surface area contributed by atoms with Gasteiger partial charge >= 0.3 is 0 Å². The number of aryl methyl sites for hydroxylation is 1. The third-order valence-corrected chi connectivity index (χ3v) is 5.01. The summed E-state index contributed by atoms with van der Waals surface area (Å²) in [4.78, 5) is 27.2. The highest BCUT2D eigenvalue weighted by atomic mass is 16.5. The average molecular weight is 364 g/mol. The number of hydrogen-bond donors (Lipinski definition) is 1. The van der Waals surface area contributed by atoms with Crippen molar-refractivity contribution in [1.29, 1.82) is 0 Å². The molecule has 140 valence electrons. The van der Waals surface area contributed by atoms with Crippen LogP contribution in [0, 0.1) is 6.92 Å². The van der Waals surface area contributed by atoms with E-state index >= 15 is 0 Å². The zero-order valence-electron chi connectivity index (χ0n) is 15.9. The first-order valence-electron chi connectivity index (χ1n) is 9.35. The van der Waals surface area contributed by atoms with Gasteiger partial charge in [-0.1, -0.05) is 29.8 Å². The maximum atomic E-state index is 13.1. The summed E-state index contributed by atoms with van der Waals surface area (Å²) in [5.41, 5.74) is 2.45. The maximum Gasteiger partial charge on any atom is 0.271 e. The summed E-state index contributed by atoms with van der Waals surface area (Å²) in [6.07, 6.45) is 2.07. The lowest BCUT2D eigenvalue weighted by Gasteiger charge is -2.39. The summed E-state index contributed by atoms with van der Waals surface area (Å²) in [6, 6.07) is 13.7. The minimum Gasteiger partial charge on any atom is -0.476 e. The minimum atomic E-state index is -0.949. The van der Waals surface area contributed by atoms with Crippen LogP contribution in [0.5, 0.6) is 5.75 Å². The normalized spacial score (nSPS) is 17.9. The zero-order chi connectivity index (χ0) is 19.2. The molecule has 1 heterocycles. The molecule has 1 N–H and O–H groups in total.